The molecule has 0 spiro atoms. The molecule has 0 radical (unpaired) electrons. The van der Waals surface area contributed by atoms with E-state index in [0.717, 1.165) is 12.2 Å². The van der Waals surface area contributed by atoms with E-state index in [1.54, 1.807) is 36.2 Å². The van der Waals surface area contributed by atoms with E-state index in [2.05, 4.69) is 5.32 Å². The number of hydrogen-bond acceptors (Lipinski definition) is 4. The van der Waals surface area contributed by atoms with Gasteiger partial charge in [-0.15, -0.1) is 0 Å². The lowest BCUT2D eigenvalue weighted by molar-refractivity contribution is -0.139. The van der Waals surface area contributed by atoms with Crippen LogP contribution in [0.4, 0.5) is 0 Å². The Morgan fingerprint density at radius 1 is 1.23 bits per heavy atom. The monoisotopic (exact) mass is 306 g/mol. The predicted octanol–water partition coefficient (Wildman–Crippen LogP) is 1.20. The molecule has 2 amide bonds. The molecule has 1 aliphatic rings. The van der Waals surface area contributed by atoms with Crippen molar-refractivity contribution in [3.63, 3.8) is 0 Å². The molecule has 1 aromatic rings. The fraction of sp³-hybridized carbons (Fsp3) is 0.500. The molecule has 1 aliphatic heterocycles. The Kier molecular flexibility index (Phi) is 5.63. The van der Waals surface area contributed by atoms with E-state index in [1.807, 2.05) is 6.92 Å². The van der Waals surface area contributed by atoms with Crippen LogP contribution in [0, 0.1) is 0 Å². The van der Waals surface area contributed by atoms with Crippen LogP contribution in [0.15, 0.2) is 24.3 Å². The second-order valence-corrected chi connectivity index (χ2v) is 5.05. The molecule has 1 unspecified atom stereocenters. The van der Waals surface area contributed by atoms with Gasteiger partial charge in [0.15, 0.2) is 6.61 Å². The Balaban J connectivity index is 1.88. The molecule has 2 rings (SSSR count). The molecule has 6 nitrogen and oxygen atoms in total. The zero-order chi connectivity index (χ0) is 15.9. The Morgan fingerprint density at radius 2 is 1.86 bits per heavy atom. The van der Waals surface area contributed by atoms with Gasteiger partial charge in [0.25, 0.3) is 5.91 Å². The van der Waals surface area contributed by atoms with Gasteiger partial charge in [0, 0.05) is 13.6 Å². The van der Waals surface area contributed by atoms with Crippen LogP contribution in [0.25, 0.3) is 0 Å². The third kappa shape index (κ3) is 3.90. The number of carbonyl (C=O) groups excluding carboxylic acids is 2. The number of nitrogens with zero attached hydrogens (tertiary/aromatic N) is 1. The number of amides is 2. The van der Waals surface area contributed by atoms with Crippen LogP contribution in [0.3, 0.4) is 0 Å². The minimum absolute atomic E-state index is 0.0680. The number of ether oxygens (including phenoxy) is 2. The molecular formula is C16H22N2O4. The quantitative estimate of drug-likeness (QED) is 0.857. The van der Waals surface area contributed by atoms with Gasteiger partial charge in [-0.2, -0.15) is 0 Å². The van der Waals surface area contributed by atoms with Crippen molar-refractivity contribution in [3.05, 3.63) is 24.3 Å². The van der Waals surface area contributed by atoms with Crippen molar-refractivity contribution in [2.24, 2.45) is 0 Å². The summed E-state index contributed by atoms with van der Waals surface area (Å²) >= 11 is 0. The zero-order valence-electron chi connectivity index (χ0n) is 13.0. The number of benzene rings is 1. The van der Waals surface area contributed by atoms with Crippen molar-refractivity contribution in [2.75, 3.05) is 26.8 Å². The average molecular weight is 306 g/mol. The van der Waals surface area contributed by atoms with Crippen LogP contribution in [0.5, 0.6) is 11.5 Å². The molecule has 1 fully saturated rings. The molecule has 0 saturated carbocycles. The Morgan fingerprint density at radius 3 is 2.45 bits per heavy atom. The lowest BCUT2D eigenvalue weighted by atomic mass is 10.2. The fourth-order valence-corrected chi connectivity index (χ4v) is 2.53. The van der Waals surface area contributed by atoms with Gasteiger partial charge in [0.1, 0.15) is 17.5 Å². The topological polar surface area (TPSA) is 67.9 Å². The third-order valence-electron chi connectivity index (χ3n) is 3.62. The summed E-state index contributed by atoms with van der Waals surface area (Å²) < 4.78 is 10.8. The highest BCUT2D eigenvalue weighted by molar-refractivity contribution is 5.88. The van der Waals surface area contributed by atoms with Crippen molar-refractivity contribution in [1.29, 1.82) is 0 Å². The van der Waals surface area contributed by atoms with Crippen LogP contribution in [0.1, 0.15) is 19.8 Å². The van der Waals surface area contributed by atoms with Gasteiger partial charge in [0.2, 0.25) is 5.91 Å². The summed E-state index contributed by atoms with van der Waals surface area (Å²) in [4.78, 5) is 25.5. The van der Waals surface area contributed by atoms with E-state index in [1.165, 1.54) is 0 Å². The maximum absolute atomic E-state index is 12.2. The summed E-state index contributed by atoms with van der Waals surface area (Å²) in [6.45, 7) is 3.06. The maximum atomic E-state index is 12.2. The summed E-state index contributed by atoms with van der Waals surface area (Å²) in [5, 5.41) is 2.60. The highest BCUT2D eigenvalue weighted by Crippen LogP contribution is 2.20. The SMILES string of the molecule is CCOc1ccc(OCC(=O)N2CCCC2C(=O)NC)cc1. The normalized spacial score (nSPS) is 17.2. The summed E-state index contributed by atoms with van der Waals surface area (Å²) in [7, 11) is 1.58. The van der Waals surface area contributed by atoms with Crippen LogP contribution in [-0.2, 0) is 9.59 Å². The molecule has 1 atom stereocenters. The van der Waals surface area contributed by atoms with Gasteiger partial charge >= 0.3 is 0 Å². The zero-order valence-corrected chi connectivity index (χ0v) is 13.0. The summed E-state index contributed by atoms with van der Waals surface area (Å²) in [5.74, 6) is 1.08. The largest absolute Gasteiger partial charge is 0.494 e. The van der Waals surface area contributed by atoms with Crippen molar-refractivity contribution >= 4 is 11.8 Å². The Labute approximate surface area is 130 Å². The number of carbonyl (C=O) groups is 2. The van der Waals surface area contributed by atoms with E-state index in [0.29, 0.717) is 25.3 Å². The fourth-order valence-electron chi connectivity index (χ4n) is 2.53. The lowest BCUT2D eigenvalue weighted by Crippen LogP contribution is -2.46. The van der Waals surface area contributed by atoms with Crippen molar-refractivity contribution in [3.8, 4) is 11.5 Å². The molecule has 1 saturated heterocycles. The molecule has 1 heterocycles. The molecule has 0 aromatic heterocycles. The number of rotatable bonds is 6. The highest BCUT2D eigenvalue weighted by Gasteiger charge is 2.33. The molecule has 6 heteroatoms. The first kappa shape index (κ1) is 16.1. The number of likely N-dealkylation sites (tertiary alicyclic amines) is 1. The average Bonchev–Trinajstić information content (AvgIpc) is 3.03. The third-order valence-corrected chi connectivity index (χ3v) is 3.62. The predicted molar refractivity (Wildman–Crippen MR) is 81.9 cm³/mol. The number of likely N-dealkylation sites (N-methyl/N-ethyl adjacent to an activating group) is 1. The van der Waals surface area contributed by atoms with Gasteiger partial charge in [0.05, 0.1) is 6.61 Å². The van der Waals surface area contributed by atoms with Gasteiger partial charge in [-0.25, -0.2) is 0 Å². The van der Waals surface area contributed by atoms with Crippen molar-refractivity contribution in [1.82, 2.24) is 10.2 Å². The highest BCUT2D eigenvalue weighted by atomic mass is 16.5. The first-order chi connectivity index (χ1) is 10.7. The summed E-state index contributed by atoms with van der Waals surface area (Å²) in [5.41, 5.74) is 0. The van der Waals surface area contributed by atoms with Crippen LogP contribution in [0.2, 0.25) is 0 Å². The molecule has 120 valence electrons. The van der Waals surface area contributed by atoms with Gasteiger partial charge in [-0.05, 0) is 44.0 Å². The lowest BCUT2D eigenvalue weighted by Gasteiger charge is -2.23. The van der Waals surface area contributed by atoms with Crippen LogP contribution < -0.4 is 14.8 Å². The maximum Gasteiger partial charge on any atom is 0.261 e. The summed E-state index contributed by atoms with van der Waals surface area (Å²) in [6.07, 6.45) is 1.54. The second-order valence-electron chi connectivity index (χ2n) is 5.05. The molecular weight excluding hydrogens is 284 g/mol. The molecule has 1 aromatic carbocycles. The minimum atomic E-state index is -0.374. The molecule has 0 aliphatic carbocycles. The summed E-state index contributed by atoms with van der Waals surface area (Å²) in [6, 6.07) is 6.75. The van der Waals surface area contributed by atoms with Gasteiger partial charge < -0.3 is 19.7 Å². The van der Waals surface area contributed by atoms with Gasteiger partial charge in [-0.1, -0.05) is 0 Å². The van der Waals surface area contributed by atoms with E-state index in [4.69, 9.17) is 9.47 Å². The Bertz CT molecular complexity index is 515. The first-order valence-electron chi connectivity index (χ1n) is 7.52. The van der Waals surface area contributed by atoms with E-state index in [9.17, 15) is 9.59 Å². The Hall–Kier alpha value is -2.24. The molecule has 0 bridgehead atoms. The standard InChI is InChI=1S/C16H22N2O4/c1-3-21-12-6-8-13(9-7-12)22-11-15(19)18-10-4-5-14(18)16(20)17-2/h6-9,14H,3-5,10-11H2,1-2H3,(H,17,20). The molecule has 22 heavy (non-hydrogen) atoms. The van der Waals surface area contributed by atoms with Crippen molar-refractivity contribution in [2.45, 2.75) is 25.8 Å². The van der Waals surface area contributed by atoms with Crippen LogP contribution >= 0.6 is 0 Å². The second kappa shape index (κ2) is 7.68. The molecule has 1 N–H and O–H groups in total. The van der Waals surface area contributed by atoms with E-state index in [-0.39, 0.29) is 24.5 Å². The minimum Gasteiger partial charge on any atom is -0.494 e. The van der Waals surface area contributed by atoms with E-state index < -0.39 is 0 Å². The van der Waals surface area contributed by atoms with Crippen LogP contribution in [-0.4, -0.2) is 49.6 Å². The van der Waals surface area contributed by atoms with Gasteiger partial charge in [-0.3, -0.25) is 9.59 Å². The number of hydrogen-bond donors (Lipinski definition) is 1. The first-order valence-corrected chi connectivity index (χ1v) is 7.52. The smallest absolute Gasteiger partial charge is 0.261 e. The van der Waals surface area contributed by atoms with E-state index >= 15 is 0 Å². The number of nitrogens with one attached hydrogen (secondary N) is 1. The van der Waals surface area contributed by atoms with Crippen molar-refractivity contribution < 1.29 is 19.1 Å².